The fourth-order valence-electron chi connectivity index (χ4n) is 1.53. The number of methoxy groups -OCH3 is 1. The highest BCUT2D eigenvalue weighted by molar-refractivity contribution is 9.10. The molecule has 1 amide bonds. The van der Waals surface area contributed by atoms with Gasteiger partial charge in [0.05, 0.1) is 11.4 Å². The van der Waals surface area contributed by atoms with Gasteiger partial charge in [0.15, 0.2) is 0 Å². The number of rotatable bonds is 4. The first-order valence-electron chi connectivity index (χ1n) is 5.42. The molecule has 0 unspecified atom stereocenters. The van der Waals surface area contributed by atoms with E-state index in [-0.39, 0.29) is 5.91 Å². The summed E-state index contributed by atoms with van der Waals surface area (Å²) in [5.74, 6) is 0.886. The Morgan fingerprint density at radius 3 is 2.29 bits per heavy atom. The molecule has 0 spiro atoms. The minimum atomic E-state index is -0.520. The van der Waals surface area contributed by atoms with E-state index in [9.17, 15) is 4.79 Å². The van der Waals surface area contributed by atoms with Crippen molar-refractivity contribution in [3.8, 4) is 5.75 Å². The van der Waals surface area contributed by atoms with Crippen molar-refractivity contribution in [1.82, 2.24) is 4.90 Å². The molecule has 0 aliphatic rings. The van der Waals surface area contributed by atoms with Gasteiger partial charge in [0.25, 0.3) is 0 Å². The highest BCUT2D eigenvalue weighted by Crippen LogP contribution is 2.20. The van der Waals surface area contributed by atoms with E-state index in [1.54, 1.807) is 19.1 Å². The average Bonchev–Trinajstić information content (AvgIpc) is 2.27. The van der Waals surface area contributed by atoms with Crippen LogP contribution in [0.1, 0.15) is 19.4 Å². The van der Waals surface area contributed by atoms with Crippen LogP contribution < -0.4 is 4.74 Å². The third-order valence-corrected chi connectivity index (χ3v) is 2.77. The molecule has 0 aromatic heterocycles. The lowest BCUT2D eigenvalue weighted by Gasteiger charge is -2.24. The fraction of sp³-hybridized carbons (Fsp3) is 0.462. The normalized spacial score (nSPS) is 11.1. The zero-order valence-corrected chi connectivity index (χ0v) is 12.2. The van der Waals surface area contributed by atoms with E-state index in [0.29, 0.717) is 6.54 Å². The van der Waals surface area contributed by atoms with Crippen LogP contribution in [0.15, 0.2) is 24.3 Å². The molecule has 0 fully saturated rings. The SMILES string of the molecule is COc1ccc(CN(C)C(=O)C(C)(C)Br)cc1. The molecule has 0 radical (unpaired) electrons. The maximum atomic E-state index is 11.9. The Labute approximate surface area is 111 Å². The van der Waals surface area contributed by atoms with Gasteiger partial charge in [0, 0.05) is 13.6 Å². The minimum absolute atomic E-state index is 0.0633. The second-order valence-electron chi connectivity index (χ2n) is 4.48. The molecule has 17 heavy (non-hydrogen) atoms. The summed E-state index contributed by atoms with van der Waals surface area (Å²) in [6.07, 6.45) is 0. The molecule has 3 nitrogen and oxygen atoms in total. The molecule has 0 heterocycles. The monoisotopic (exact) mass is 299 g/mol. The van der Waals surface area contributed by atoms with Gasteiger partial charge in [-0.1, -0.05) is 28.1 Å². The predicted octanol–water partition coefficient (Wildman–Crippen LogP) is 2.83. The zero-order valence-electron chi connectivity index (χ0n) is 10.7. The van der Waals surface area contributed by atoms with Crippen LogP contribution in [0.5, 0.6) is 5.75 Å². The van der Waals surface area contributed by atoms with Gasteiger partial charge in [0.1, 0.15) is 5.75 Å². The van der Waals surface area contributed by atoms with E-state index in [1.165, 1.54) is 0 Å². The topological polar surface area (TPSA) is 29.5 Å². The van der Waals surface area contributed by atoms with Crippen molar-refractivity contribution < 1.29 is 9.53 Å². The number of carbonyl (C=O) groups is 1. The van der Waals surface area contributed by atoms with Crippen LogP contribution in [0.4, 0.5) is 0 Å². The number of benzene rings is 1. The molecule has 0 atom stereocenters. The molecular weight excluding hydrogens is 282 g/mol. The molecular formula is C13H18BrNO2. The lowest BCUT2D eigenvalue weighted by Crippen LogP contribution is -2.38. The number of alkyl halides is 1. The first-order valence-corrected chi connectivity index (χ1v) is 6.21. The third-order valence-electron chi connectivity index (χ3n) is 2.43. The molecule has 1 aromatic carbocycles. The summed E-state index contributed by atoms with van der Waals surface area (Å²) in [6.45, 7) is 4.29. The van der Waals surface area contributed by atoms with Crippen molar-refractivity contribution in [3.63, 3.8) is 0 Å². The second-order valence-corrected chi connectivity index (χ2v) is 6.46. The second kappa shape index (κ2) is 5.54. The standard InChI is InChI=1S/C13H18BrNO2/c1-13(2,14)12(16)15(3)9-10-5-7-11(17-4)8-6-10/h5-8H,9H2,1-4H3. The maximum Gasteiger partial charge on any atom is 0.238 e. The van der Waals surface area contributed by atoms with E-state index in [4.69, 9.17) is 4.74 Å². The van der Waals surface area contributed by atoms with Gasteiger partial charge >= 0.3 is 0 Å². The van der Waals surface area contributed by atoms with Crippen LogP contribution in [0.2, 0.25) is 0 Å². The Kier molecular flexibility index (Phi) is 4.57. The van der Waals surface area contributed by atoms with Crippen molar-refractivity contribution in [3.05, 3.63) is 29.8 Å². The summed E-state index contributed by atoms with van der Waals surface area (Å²) in [7, 11) is 3.44. The quantitative estimate of drug-likeness (QED) is 0.800. The molecule has 0 saturated heterocycles. The van der Waals surface area contributed by atoms with Crippen molar-refractivity contribution in [2.45, 2.75) is 24.7 Å². The molecule has 0 bridgehead atoms. The van der Waals surface area contributed by atoms with Crippen molar-refractivity contribution in [1.29, 1.82) is 0 Å². The maximum absolute atomic E-state index is 11.9. The van der Waals surface area contributed by atoms with E-state index in [2.05, 4.69) is 15.9 Å². The Balaban J connectivity index is 2.68. The Bertz CT molecular complexity index is 381. The largest absolute Gasteiger partial charge is 0.497 e. The highest BCUT2D eigenvalue weighted by Gasteiger charge is 2.26. The summed E-state index contributed by atoms with van der Waals surface area (Å²) in [5.41, 5.74) is 1.08. The van der Waals surface area contributed by atoms with Crippen LogP contribution in [0, 0.1) is 0 Å². The summed E-state index contributed by atoms with van der Waals surface area (Å²) >= 11 is 3.37. The molecule has 4 heteroatoms. The van der Waals surface area contributed by atoms with E-state index in [1.807, 2.05) is 38.1 Å². The highest BCUT2D eigenvalue weighted by atomic mass is 79.9. The van der Waals surface area contributed by atoms with Gasteiger partial charge in [0.2, 0.25) is 5.91 Å². The number of amides is 1. The number of halogens is 1. The van der Waals surface area contributed by atoms with E-state index < -0.39 is 4.32 Å². The van der Waals surface area contributed by atoms with Crippen LogP contribution in [0.25, 0.3) is 0 Å². The number of hydrogen-bond acceptors (Lipinski definition) is 2. The molecule has 0 N–H and O–H groups in total. The van der Waals surface area contributed by atoms with Gasteiger partial charge in [-0.2, -0.15) is 0 Å². The first kappa shape index (κ1) is 14.0. The smallest absolute Gasteiger partial charge is 0.238 e. The van der Waals surface area contributed by atoms with Crippen LogP contribution in [0.3, 0.4) is 0 Å². The summed E-state index contributed by atoms with van der Waals surface area (Å²) in [4.78, 5) is 13.7. The van der Waals surface area contributed by atoms with Gasteiger partial charge in [-0.25, -0.2) is 0 Å². The van der Waals surface area contributed by atoms with Gasteiger partial charge in [-0.3, -0.25) is 4.79 Å². The van der Waals surface area contributed by atoms with Crippen LogP contribution in [-0.2, 0) is 11.3 Å². The van der Waals surface area contributed by atoms with Crippen LogP contribution in [-0.4, -0.2) is 29.3 Å². The molecule has 0 aliphatic carbocycles. The summed E-state index contributed by atoms with van der Waals surface area (Å²) < 4.78 is 4.57. The van der Waals surface area contributed by atoms with Crippen LogP contribution >= 0.6 is 15.9 Å². The minimum Gasteiger partial charge on any atom is -0.497 e. The van der Waals surface area contributed by atoms with E-state index >= 15 is 0 Å². The molecule has 1 rings (SSSR count). The zero-order chi connectivity index (χ0) is 13.1. The first-order chi connectivity index (χ1) is 7.84. The predicted molar refractivity (Wildman–Crippen MR) is 72.5 cm³/mol. The van der Waals surface area contributed by atoms with E-state index in [0.717, 1.165) is 11.3 Å². The van der Waals surface area contributed by atoms with Gasteiger partial charge in [-0.05, 0) is 31.5 Å². The number of nitrogens with zero attached hydrogens (tertiary/aromatic N) is 1. The third kappa shape index (κ3) is 4.04. The van der Waals surface area contributed by atoms with Gasteiger partial charge in [-0.15, -0.1) is 0 Å². The lowest BCUT2D eigenvalue weighted by molar-refractivity contribution is -0.131. The van der Waals surface area contributed by atoms with Gasteiger partial charge < -0.3 is 9.64 Å². The average molecular weight is 300 g/mol. The number of hydrogen-bond donors (Lipinski definition) is 0. The lowest BCUT2D eigenvalue weighted by atomic mass is 10.1. The summed E-state index contributed by atoms with van der Waals surface area (Å²) in [6, 6.07) is 7.72. The molecule has 0 saturated carbocycles. The molecule has 94 valence electrons. The molecule has 1 aromatic rings. The van der Waals surface area contributed by atoms with Crippen molar-refractivity contribution in [2.75, 3.05) is 14.2 Å². The fourth-order valence-corrected chi connectivity index (χ4v) is 1.83. The molecule has 0 aliphatic heterocycles. The van der Waals surface area contributed by atoms with Crippen molar-refractivity contribution >= 4 is 21.8 Å². The number of ether oxygens (including phenoxy) is 1. The number of carbonyl (C=O) groups excluding carboxylic acids is 1. The Hall–Kier alpha value is -1.03. The Morgan fingerprint density at radius 1 is 1.35 bits per heavy atom. The summed E-state index contributed by atoms with van der Waals surface area (Å²) in [5, 5.41) is 0. The Morgan fingerprint density at radius 2 is 1.88 bits per heavy atom. The van der Waals surface area contributed by atoms with Crippen molar-refractivity contribution in [2.24, 2.45) is 0 Å².